The van der Waals surface area contributed by atoms with E-state index in [4.69, 9.17) is 0 Å². The zero-order chi connectivity index (χ0) is 31.7. The smallest absolute Gasteiger partial charge is 0.875 e. The van der Waals surface area contributed by atoms with E-state index in [0.717, 1.165) is 0 Å². The number of alkyl halides is 14. The van der Waals surface area contributed by atoms with Crippen molar-refractivity contribution in [3.63, 3.8) is 0 Å². The molecule has 0 radical (unpaired) electrons. The summed E-state index contributed by atoms with van der Waals surface area (Å²) in [5.74, 6) is -33.5. The molecule has 0 aliphatic heterocycles. The van der Waals surface area contributed by atoms with Gasteiger partial charge in [-0.05, 0) is 23.0 Å². The van der Waals surface area contributed by atoms with Crippen LogP contribution >= 0.6 is 0 Å². The third kappa shape index (κ3) is 10.1. The van der Waals surface area contributed by atoms with Gasteiger partial charge in [0.05, 0.1) is 0 Å². The summed E-state index contributed by atoms with van der Waals surface area (Å²) >= 11 is 0. The molecule has 0 aliphatic carbocycles. The van der Waals surface area contributed by atoms with Gasteiger partial charge in [0, 0.05) is 0 Å². The van der Waals surface area contributed by atoms with Gasteiger partial charge >= 0.3 is 84.9 Å². The monoisotopic (exact) mass is 728 g/mol. The van der Waals surface area contributed by atoms with E-state index >= 15 is 0 Å². The van der Waals surface area contributed by atoms with Crippen LogP contribution in [0.3, 0.4) is 0 Å². The molecule has 0 spiro atoms. The fraction of sp³-hybridized carbons (Fsp3) is 0.700. The second-order valence-corrected chi connectivity index (χ2v) is 9.54. The second-order valence-electron chi connectivity index (χ2n) is 9.54. The molecule has 224 valence electrons. The maximum absolute atomic E-state index is 12.8. The van der Waals surface area contributed by atoms with Crippen LogP contribution in [0.1, 0.15) is 41.5 Å². The number of ketones is 2. The van der Waals surface area contributed by atoms with E-state index in [1.807, 2.05) is 0 Å². The summed E-state index contributed by atoms with van der Waals surface area (Å²) in [4.78, 5) is 21.6. The zero-order valence-corrected chi connectivity index (χ0v) is 25.2. The van der Waals surface area contributed by atoms with Gasteiger partial charge in [-0.1, -0.05) is 41.5 Å². The number of hydrogen-bond donors (Lipinski definition) is 0. The number of hydrogen-bond acceptors (Lipinski definition) is 4. The fourth-order valence-electron chi connectivity index (χ4n) is 1.52. The Morgan fingerprint density at radius 1 is 0.487 bits per heavy atom. The summed E-state index contributed by atoms with van der Waals surface area (Å²) in [6, 6.07) is 0. The van der Waals surface area contributed by atoms with Gasteiger partial charge in [-0.3, -0.25) is 9.59 Å². The molecule has 0 bridgehead atoms. The largest absolute Gasteiger partial charge is 2.00 e. The molecule has 0 aromatic carbocycles. The van der Waals surface area contributed by atoms with E-state index in [0.29, 0.717) is 0 Å². The first-order valence-electron chi connectivity index (χ1n) is 9.62. The minimum atomic E-state index is -6.61. The summed E-state index contributed by atoms with van der Waals surface area (Å²) in [6.07, 6.45) is -14.1. The number of rotatable bonds is 6. The number of carbonyl (C=O) groups is 2. The van der Waals surface area contributed by atoms with Crippen LogP contribution in [-0.2, 0) is 9.59 Å². The maximum atomic E-state index is 12.8. The van der Waals surface area contributed by atoms with Crippen LogP contribution in [0.15, 0.2) is 23.7 Å². The average molecular weight is 728 g/mol. The van der Waals surface area contributed by atoms with Gasteiger partial charge in [0.15, 0.2) is 0 Å². The van der Waals surface area contributed by atoms with E-state index in [1.165, 1.54) is 41.5 Å². The van der Waals surface area contributed by atoms with Crippen molar-refractivity contribution in [1.29, 1.82) is 0 Å². The molecule has 0 aromatic rings. The molecule has 4 nitrogen and oxygen atoms in total. The topological polar surface area (TPSA) is 80.3 Å². The van der Waals surface area contributed by atoms with Crippen LogP contribution in [0.5, 0.6) is 0 Å². The van der Waals surface area contributed by atoms with Crippen LogP contribution in [0.25, 0.3) is 0 Å². The molecule has 0 heterocycles. The SMILES string of the molecule is CC(C)(C)C([O-])=CC(=O)C(F)(F)C(F)(F)C(F)(F)F.CC(C)(C)C([O-])=CC(=O)C(F)(F)C(F)(F)C(F)(F)F.[Ba+2]. The van der Waals surface area contributed by atoms with Crippen LogP contribution in [0, 0.1) is 10.8 Å². The Kier molecular flexibility index (Phi) is 14.0. The van der Waals surface area contributed by atoms with Gasteiger partial charge in [-0.2, -0.15) is 61.5 Å². The summed E-state index contributed by atoms with van der Waals surface area (Å²) in [5.41, 5.74) is -2.72. The van der Waals surface area contributed by atoms with Gasteiger partial charge < -0.3 is 10.2 Å². The van der Waals surface area contributed by atoms with Crippen molar-refractivity contribution in [3.05, 3.63) is 23.7 Å². The summed E-state index contributed by atoms with van der Waals surface area (Å²) in [5, 5.41) is 22.3. The quantitative estimate of drug-likeness (QED) is 0.168. The fourth-order valence-corrected chi connectivity index (χ4v) is 1.52. The predicted octanol–water partition coefficient (Wildman–Crippen LogP) is 4.98. The average Bonchev–Trinajstić information content (AvgIpc) is 2.64. The number of carbonyl (C=O) groups excluding carboxylic acids is 2. The molecule has 0 N–H and O–H groups in total. The summed E-state index contributed by atoms with van der Waals surface area (Å²) in [7, 11) is 0. The Bertz CT molecular complexity index is 858. The third-order valence-corrected chi connectivity index (χ3v) is 4.12. The van der Waals surface area contributed by atoms with E-state index in [2.05, 4.69) is 0 Å². The van der Waals surface area contributed by atoms with Crippen molar-refractivity contribution >= 4 is 60.4 Å². The first-order valence-corrected chi connectivity index (χ1v) is 9.62. The molecule has 0 aromatic heterocycles. The normalized spacial score (nSPS) is 15.2. The number of allylic oxidation sites excluding steroid dienone is 4. The van der Waals surface area contributed by atoms with Gasteiger partial charge in [-0.15, -0.1) is 11.5 Å². The van der Waals surface area contributed by atoms with Crippen molar-refractivity contribution in [2.45, 2.75) is 77.6 Å². The van der Waals surface area contributed by atoms with E-state index < -0.39 is 82.1 Å². The van der Waals surface area contributed by atoms with Crippen LogP contribution in [-0.4, -0.2) is 96.5 Å². The van der Waals surface area contributed by atoms with Crippen molar-refractivity contribution in [2.24, 2.45) is 10.8 Å². The minimum absolute atomic E-state index is 0. The molecule has 0 saturated heterocycles. The maximum Gasteiger partial charge on any atom is 2.00 e. The van der Waals surface area contributed by atoms with E-state index in [-0.39, 0.29) is 48.9 Å². The van der Waals surface area contributed by atoms with Crippen LogP contribution in [0.4, 0.5) is 61.5 Å². The second kappa shape index (κ2) is 12.9. The molecule has 0 unspecified atom stereocenters. The summed E-state index contributed by atoms with van der Waals surface area (Å²) < 4.78 is 172. The molecule has 0 aliphatic rings. The molecular formula is C20H20BaF14O4. The third-order valence-electron chi connectivity index (χ3n) is 4.12. The van der Waals surface area contributed by atoms with Crippen LogP contribution < -0.4 is 10.2 Å². The molecule has 0 amide bonds. The van der Waals surface area contributed by atoms with Crippen molar-refractivity contribution in [3.8, 4) is 0 Å². The van der Waals surface area contributed by atoms with Crippen molar-refractivity contribution in [2.75, 3.05) is 0 Å². The van der Waals surface area contributed by atoms with Crippen LogP contribution in [0.2, 0.25) is 0 Å². The predicted molar refractivity (Wildman–Crippen MR) is 103 cm³/mol. The molecule has 0 atom stereocenters. The Morgan fingerprint density at radius 2 is 0.667 bits per heavy atom. The standard InChI is InChI=1S/2C10H11F7O2.Ba/c2*1-7(2,3)5(18)4-6(19)8(11,12)9(13,14)10(15,16)17;/h2*4,18H,1-3H3;/q;;+2/p-2. The number of halogens is 14. The molecule has 39 heavy (non-hydrogen) atoms. The van der Waals surface area contributed by atoms with Gasteiger partial charge in [0.1, 0.15) is 0 Å². The van der Waals surface area contributed by atoms with Crippen molar-refractivity contribution < 1.29 is 81.3 Å². The molecule has 0 rings (SSSR count). The van der Waals surface area contributed by atoms with E-state index in [1.54, 1.807) is 0 Å². The first-order chi connectivity index (χ1) is 16.1. The van der Waals surface area contributed by atoms with E-state index in [9.17, 15) is 81.3 Å². The molecule has 19 heteroatoms. The van der Waals surface area contributed by atoms with Crippen molar-refractivity contribution in [1.82, 2.24) is 0 Å². The Morgan fingerprint density at radius 3 is 0.795 bits per heavy atom. The van der Waals surface area contributed by atoms with Gasteiger partial charge in [-0.25, -0.2) is 0 Å². The molecule has 0 fully saturated rings. The first kappa shape index (κ1) is 42.5. The Labute approximate surface area is 252 Å². The van der Waals surface area contributed by atoms with Gasteiger partial charge in [0.25, 0.3) is 0 Å². The summed E-state index contributed by atoms with van der Waals surface area (Å²) in [6.45, 7) is 7.08. The van der Waals surface area contributed by atoms with Gasteiger partial charge in [0.2, 0.25) is 11.6 Å². The Hall–Kier alpha value is -0.989. The minimum Gasteiger partial charge on any atom is -0.875 e. The Balaban J connectivity index is -0.000000648. The molecular weight excluding hydrogens is 708 g/mol. The zero-order valence-electron chi connectivity index (χ0n) is 20.8. The molecule has 0 saturated carbocycles.